The topological polar surface area (TPSA) is 29.5 Å². The minimum absolute atomic E-state index is 0.245. The highest BCUT2D eigenvalue weighted by molar-refractivity contribution is 6.31. The Labute approximate surface area is 128 Å². The molecular formula is C17H14ClFO2. The van der Waals surface area contributed by atoms with Gasteiger partial charge >= 0.3 is 0 Å². The molecule has 0 saturated heterocycles. The molecule has 0 saturated carbocycles. The quantitative estimate of drug-likeness (QED) is 0.876. The van der Waals surface area contributed by atoms with E-state index in [1.54, 1.807) is 6.07 Å². The summed E-state index contributed by atoms with van der Waals surface area (Å²) < 4.78 is 19.0. The molecule has 108 valence electrons. The third-order valence-corrected chi connectivity index (χ3v) is 3.14. The molecule has 0 bridgehead atoms. The number of rotatable bonds is 3. The first-order valence-electron chi connectivity index (χ1n) is 6.36. The van der Waals surface area contributed by atoms with Crippen molar-refractivity contribution in [2.75, 3.05) is 6.61 Å². The molecular weight excluding hydrogens is 291 g/mol. The van der Waals surface area contributed by atoms with Gasteiger partial charge in [0, 0.05) is 22.2 Å². The average Bonchev–Trinajstić information content (AvgIpc) is 2.43. The minimum atomic E-state index is -0.440. The predicted molar refractivity (Wildman–Crippen MR) is 80.9 cm³/mol. The van der Waals surface area contributed by atoms with Gasteiger partial charge in [-0.2, -0.15) is 0 Å². The maximum absolute atomic E-state index is 13.5. The third kappa shape index (κ3) is 4.49. The minimum Gasteiger partial charge on any atom is -0.489 e. The van der Waals surface area contributed by atoms with Gasteiger partial charge in [-0.25, -0.2) is 4.39 Å². The normalized spacial score (nSPS) is 9.90. The van der Waals surface area contributed by atoms with Gasteiger partial charge in [-0.1, -0.05) is 35.6 Å². The molecule has 2 nitrogen and oxygen atoms in total. The second-order valence-electron chi connectivity index (χ2n) is 4.52. The van der Waals surface area contributed by atoms with Crippen LogP contribution < -0.4 is 4.74 Å². The summed E-state index contributed by atoms with van der Waals surface area (Å²) in [4.78, 5) is 0. The Hall–Kier alpha value is -2.02. The second-order valence-corrected chi connectivity index (χ2v) is 4.93. The van der Waals surface area contributed by atoms with E-state index in [4.69, 9.17) is 21.4 Å². The molecule has 1 N–H and O–H groups in total. The monoisotopic (exact) mass is 304 g/mol. The van der Waals surface area contributed by atoms with Gasteiger partial charge in [-0.15, -0.1) is 0 Å². The molecule has 0 aliphatic carbocycles. The molecule has 0 radical (unpaired) electrons. The lowest BCUT2D eigenvalue weighted by Crippen LogP contribution is -1.97. The molecule has 2 aromatic rings. The Morgan fingerprint density at radius 3 is 2.76 bits per heavy atom. The van der Waals surface area contributed by atoms with E-state index >= 15 is 0 Å². The first-order valence-corrected chi connectivity index (χ1v) is 6.74. The van der Waals surface area contributed by atoms with Gasteiger partial charge in [-0.05, 0) is 30.7 Å². The molecule has 2 aromatic carbocycles. The number of ether oxygens (including phenoxy) is 1. The lowest BCUT2D eigenvalue weighted by Gasteiger charge is -2.09. The Kier molecular flexibility index (Phi) is 5.21. The Morgan fingerprint density at radius 2 is 2.05 bits per heavy atom. The van der Waals surface area contributed by atoms with E-state index in [1.165, 1.54) is 12.1 Å². The lowest BCUT2D eigenvalue weighted by atomic mass is 10.1. The fourth-order valence-corrected chi connectivity index (χ4v) is 2.08. The van der Waals surface area contributed by atoms with E-state index in [2.05, 4.69) is 11.8 Å². The summed E-state index contributed by atoms with van der Waals surface area (Å²) in [5.41, 5.74) is 2.35. The molecule has 0 unspecified atom stereocenters. The van der Waals surface area contributed by atoms with Crippen LogP contribution in [0.15, 0.2) is 36.4 Å². The molecule has 0 aliphatic rings. The molecule has 0 aliphatic heterocycles. The molecule has 0 spiro atoms. The van der Waals surface area contributed by atoms with Crippen molar-refractivity contribution in [1.29, 1.82) is 0 Å². The van der Waals surface area contributed by atoms with Crippen molar-refractivity contribution in [3.63, 3.8) is 0 Å². The van der Waals surface area contributed by atoms with Crippen molar-refractivity contribution in [2.45, 2.75) is 13.5 Å². The molecule has 4 heteroatoms. The van der Waals surface area contributed by atoms with Crippen LogP contribution in [0, 0.1) is 24.6 Å². The maximum atomic E-state index is 13.5. The third-order valence-electron chi connectivity index (χ3n) is 2.79. The van der Waals surface area contributed by atoms with Crippen LogP contribution >= 0.6 is 11.6 Å². The van der Waals surface area contributed by atoms with E-state index in [-0.39, 0.29) is 13.2 Å². The summed E-state index contributed by atoms with van der Waals surface area (Å²) in [7, 11) is 0. The summed E-state index contributed by atoms with van der Waals surface area (Å²) in [5.74, 6) is 5.05. The van der Waals surface area contributed by atoms with Crippen LogP contribution in [-0.2, 0) is 6.61 Å². The first-order chi connectivity index (χ1) is 10.1. The first kappa shape index (κ1) is 15.4. The summed E-state index contributed by atoms with van der Waals surface area (Å²) in [6.07, 6.45) is 0. The largest absolute Gasteiger partial charge is 0.489 e. The summed E-state index contributed by atoms with van der Waals surface area (Å²) in [5, 5.41) is 9.28. The van der Waals surface area contributed by atoms with Crippen LogP contribution in [0.5, 0.6) is 5.75 Å². The molecule has 0 amide bonds. The number of hydrogen-bond donors (Lipinski definition) is 1. The zero-order chi connectivity index (χ0) is 15.2. The van der Waals surface area contributed by atoms with E-state index < -0.39 is 5.82 Å². The average molecular weight is 305 g/mol. The van der Waals surface area contributed by atoms with Crippen molar-refractivity contribution in [2.24, 2.45) is 0 Å². The maximum Gasteiger partial charge on any atom is 0.128 e. The van der Waals surface area contributed by atoms with Crippen molar-refractivity contribution in [3.05, 3.63) is 63.9 Å². The molecule has 0 heterocycles. The van der Waals surface area contributed by atoms with Crippen LogP contribution in [0.25, 0.3) is 0 Å². The van der Waals surface area contributed by atoms with E-state index in [0.29, 0.717) is 16.3 Å². The van der Waals surface area contributed by atoms with Gasteiger partial charge in [0.05, 0.1) is 0 Å². The van der Waals surface area contributed by atoms with E-state index in [9.17, 15) is 4.39 Å². The number of hydrogen-bond acceptors (Lipinski definition) is 2. The zero-order valence-corrected chi connectivity index (χ0v) is 12.2. The predicted octanol–water partition coefficient (Wildman–Crippen LogP) is 3.71. The lowest BCUT2D eigenvalue weighted by molar-refractivity contribution is 0.304. The van der Waals surface area contributed by atoms with Gasteiger partial charge in [-0.3, -0.25) is 0 Å². The number of benzene rings is 2. The van der Waals surface area contributed by atoms with E-state index in [0.717, 1.165) is 11.1 Å². The Bertz CT molecular complexity index is 702. The summed E-state index contributed by atoms with van der Waals surface area (Å²) >= 11 is 6.12. The van der Waals surface area contributed by atoms with Crippen molar-refractivity contribution in [3.8, 4) is 17.6 Å². The SMILES string of the molecule is Cc1ccc(COc2cc(F)cc(C#CCO)c2)c(Cl)c1. The number of aliphatic hydroxyl groups is 1. The van der Waals surface area contributed by atoms with Gasteiger partial charge in [0.15, 0.2) is 0 Å². The van der Waals surface area contributed by atoms with Gasteiger partial charge < -0.3 is 9.84 Å². The van der Waals surface area contributed by atoms with Crippen LogP contribution in [0.1, 0.15) is 16.7 Å². The van der Waals surface area contributed by atoms with Gasteiger partial charge in [0.25, 0.3) is 0 Å². The highest BCUT2D eigenvalue weighted by Crippen LogP contribution is 2.21. The fourth-order valence-electron chi connectivity index (χ4n) is 1.79. The Morgan fingerprint density at radius 1 is 1.24 bits per heavy atom. The highest BCUT2D eigenvalue weighted by atomic mass is 35.5. The smallest absolute Gasteiger partial charge is 0.128 e. The van der Waals surface area contributed by atoms with Crippen LogP contribution in [-0.4, -0.2) is 11.7 Å². The Balaban J connectivity index is 2.14. The van der Waals surface area contributed by atoms with E-state index in [1.807, 2.05) is 25.1 Å². The highest BCUT2D eigenvalue weighted by Gasteiger charge is 2.04. The molecule has 21 heavy (non-hydrogen) atoms. The molecule has 0 atom stereocenters. The summed E-state index contributed by atoms with van der Waals surface area (Å²) in [6.45, 7) is 1.93. The van der Waals surface area contributed by atoms with Crippen molar-refractivity contribution in [1.82, 2.24) is 0 Å². The van der Waals surface area contributed by atoms with Crippen LogP contribution in [0.2, 0.25) is 5.02 Å². The van der Waals surface area contributed by atoms with Crippen LogP contribution in [0.3, 0.4) is 0 Å². The van der Waals surface area contributed by atoms with Gasteiger partial charge in [0.1, 0.15) is 24.8 Å². The van der Waals surface area contributed by atoms with Gasteiger partial charge in [0.2, 0.25) is 0 Å². The number of halogens is 2. The van der Waals surface area contributed by atoms with Crippen molar-refractivity contribution >= 4 is 11.6 Å². The van der Waals surface area contributed by atoms with Crippen LogP contribution in [0.4, 0.5) is 4.39 Å². The zero-order valence-electron chi connectivity index (χ0n) is 11.5. The molecule has 0 aromatic heterocycles. The summed E-state index contributed by atoms with van der Waals surface area (Å²) in [6, 6.07) is 9.86. The van der Waals surface area contributed by atoms with Crippen molar-refractivity contribution < 1.29 is 14.2 Å². The number of aryl methyl sites for hydroxylation is 1. The molecule has 0 fully saturated rings. The number of aliphatic hydroxyl groups excluding tert-OH is 1. The molecule has 2 rings (SSSR count). The standard InChI is InChI=1S/C17H14ClFO2/c1-12-4-5-14(17(18)7-12)11-21-16-9-13(3-2-6-20)8-15(19)10-16/h4-5,7-10,20H,6,11H2,1H3. The second kappa shape index (κ2) is 7.12. The fraction of sp³-hybridized carbons (Fsp3) is 0.176.